The Morgan fingerprint density at radius 1 is 1.07 bits per heavy atom. The summed E-state index contributed by atoms with van der Waals surface area (Å²) < 4.78 is 2.59. The SMILES string of the molecule is O=C(Nc1ccc(I)c(-c2ccccn2)c1)c1ccc(-n2cncn2)nc1. The normalized spacial score (nSPS) is 10.6. The molecule has 27 heavy (non-hydrogen) atoms. The number of pyridine rings is 2. The second-order valence-electron chi connectivity index (χ2n) is 5.61. The van der Waals surface area contributed by atoms with Gasteiger partial charge in [-0.25, -0.2) is 14.6 Å². The summed E-state index contributed by atoms with van der Waals surface area (Å²) >= 11 is 2.26. The minimum Gasteiger partial charge on any atom is -0.322 e. The van der Waals surface area contributed by atoms with Crippen LogP contribution < -0.4 is 5.32 Å². The van der Waals surface area contributed by atoms with Crippen LogP contribution in [-0.2, 0) is 0 Å². The van der Waals surface area contributed by atoms with E-state index in [2.05, 4.69) is 48.0 Å². The van der Waals surface area contributed by atoms with Gasteiger partial charge in [0.2, 0.25) is 0 Å². The third kappa shape index (κ3) is 3.85. The Labute approximate surface area is 168 Å². The van der Waals surface area contributed by atoms with Gasteiger partial charge in [-0.1, -0.05) is 6.07 Å². The number of aromatic nitrogens is 5. The lowest BCUT2D eigenvalue weighted by molar-refractivity contribution is 0.102. The molecule has 0 aliphatic rings. The number of benzene rings is 1. The maximum Gasteiger partial charge on any atom is 0.257 e. The van der Waals surface area contributed by atoms with Gasteiger partial charge in [-0.15, -0.1) is 0 Å². The predicted octanol–water partition coefficient (Wildman–Crippen LogP) is 3.58. The van der Waals surface area contributed by atoms with E-state index in [-0.39, 0.29) is 5.91 Å². The molecule has 3 heterocycles. The smallest absolute Gasteiger partial charge is 0.257 e. The maximum atomic E-state index is 12.5. The van der Waals surface area contributed by atoms with Gasteiger partial charge in [0.05, 0.1) is 11.3 Å². The Balaban J connectivity index is 1.55. The fourth-order valence-electron chi connectivity index (χ4n) is 2.51. The number of nitrogens with one attached hydrogen (secondary N) is 1. The van der Waals surface area contributed by atoms with E-state index in [1.807, 2.05) is 36.4 Å². The van der Waals surface area contributed by atoms with E-state index in [0.717, 1.165) is 14.8 Å². The Hall–Kier alpha value is -3.14. The number of hydrogen-bond donors (Lipinski definition) is 1. The average molecular weight is 468 g/mol. The van der Waals surface area contributed by atoms with Crippen LogP contribution in [0.15, 0.2) is 73.6 Å². The Bertz CT molecular complexity index is 1070. The summed E-state index contributed by atoms with van der Waals surface area (Å²) in [7, 11) is 0. The highest BCUT2D eigenvalue weighted by atomic mass is 127. The average Bonchev–Trinajstić information content (AvgIpc) is 3.25. The quantitative estimate of drug-likeness (QED) is 0.463. The van der Waals surface area contributed by atoms with Crippen LogP contribution in [0.2, 0.25) is 0 Å². The lowest BCUT2D eigenvalue weighted by Gasteiger charge is -2.09. The van der Waals surface area contributed by atoms with Gasteiger partial charge in [-0.3, -0.25) is 9.78 Å². The van der Waals surface area contributed by atoms with Crippen LogP contribution in [0.4, 0.5) is 5.69 Å². The van der Waals surface area contributed by atoms with Crippen molar-refractivity contribution in [1.29, 1.82) is 0 Å². The van der Waals surface area contributed by atoms with Gasteiger partial charge in [-0.2, -0.15) is 5.10 Å². The van der Waals surface area contributed by atoms with Crippen molar-refractivity contribution in [2.45, 2.75) is 0 Å². The molecule has 1 N–H and O–H groups in total. The Morgan fingerprint density at radius 2 is 2.00 bits per heavy atom. The van der Waals surface area contributed by atoms with Crippen LogP contribution in [-0.4, -0.2) is 30.6 Å². The number of carbonyl (C=O) groups is 1. The Kier molecular flexibility index (Phi) is 4.88. The predicted molar refractivity (Wildman–Crippen MR) is 109 cm³/mol. The lowest BCUT2D eigenvalue weighted by Crippen LogP contribution is -2.13. The molecule has 0 saturated heterocycles. The minimum atomic E-state index is -0.235. The molecule has 0 spiro atoms. The summed E-state index contributed by atoms with van der Waals surface area (Å²) in [5, 5.41) is 6.92. The molecule has 8 heteroatoms. The number of halogens is 1. The molecule has 3 aromatic heterocycles. The molecule has 0 aliphatic heterocycles. The van der Waals surface area contributed by atoms with Crippen LogP contribution >= 0.6 is 22.6 Å². The topological polar surface area (TPSA) is 85.6 Å². The van der Waals surface area contributed by atoms with Crippen LogP contribution in [0.1, 0.15) is 10.4 Å². The molecule has 7 nitrogen and oxygen atoms in total. The molecular formula is C19H13IN6O. The van der Waals surface area contributed by atoms with Gasteiger partial charge in [0.15, 0.2) is 5.82 Å². The first-order chi connectivity index (χ1) is 13.2. The van der Waals surface area contributed by atoms with Crippen molar-refractivity contribution < 1.29 is 4.79 Å². The summed E-state index contributed by atoms with van der Waals surface area (Å²) in [6.45, 7) is 0. The van der Waals surface area contributed by atoms with Crippen LogP contribution in [0.25, 0.3) is 17.1 Å². The third-order valence-corrected chi connectivity index (χ3v) is 4.77. The van der Waals surface area contributed by atoms with E-state index >= 15 is 0 Å². The number of nitrogens with zero attached hydrogens (tertiary/aromatic N) is 5. The largest absolute Gasteiger partial charge is 0.322 e. The number of anilines is 1. The highest BCUT2D eigenvalue weighted by molar-refractivity contribution is 14.1. The molecule has 0 atom stereocenters. The second-order valence-corrected chi connectivity index (χ2v) is 6.77. The summed E-state index contributed by atoms with van der Waals surface area (Å²) in [5.41, 5.74) is 2.98. The van der Waals surface area contributed by atoms with Gasteiger partial charge in [-0.05, 0) is 65.1 Å². The molecular weight excluding hydrogens is 455 g/mol. The van der Waals surface area contributed by atoms with Gasteiger partial charge >= 0.3 is 0 Å². The molecule has 0 radical (unpaired) electrons. The van der Waals surface area contributed by atoms with Crippen molar-refractivity contribution in [2.75, 3.05) is 5.32 Å². The van der Waals surface area contributed by atoms with E-state index < -0.39 is 0 Å². The third-order valence-electron chi connectivity index (χ3n) is 3.83. The van der Waals surface area contributed by atoms with E-state index in [0.29, 0.717) is 17.1 Å². The number of hydrogen-bond acceptors (Lipinski definition) is 5. The first-order valence-electron chi connectivity index (χ1n) is 8.04. The highest BCUT2D eigenvalue weighted by Gasteiger charge is 2.10. The minimum absolute atomic E-state index is 0.235. The summed E-state index contributed by atoms with van der Waals surface area (Å²) in [4.78, 5) is 25.1. The summed E-state index contributed by atoms with van der Waals surface area (Å²) in [5.74, 6) is 0.358. The van der Waals surface area contributed by atoms with E-state index in [4.69, 9.17) is 0 Å². The number of amides is 1. The van der Waals surface area contributed by atoms with E-state index in [9.17, 15) is 4.79 Å². The van der Waals surface area contributed by atoms with Crippen molar-refractivity contribution in [2.24, 2.45) is 0 Å². The van der Waals surface area contributed by atoms with Gasteiger partial charge in [0, 0.05) is 27.2 Å². The summed E-state index contributed by atoms with van der Waals surface area (Å²) in [6.07, 6.45) is 6.24. The first-order valence-corrected chi connectivity index (χ1v) is 9.12. The van der Waals surface area contributed by atoms with Crippen molar-refractivity contribution in [3.05, 3.63) is 82.7 Å². The second kappa shape index (κ2) is 7.62. The summed E-state index contributed by atoms with van der Waals surface area (Å²) in [6, 6.07) is 14.9. The standard InChI is InChI=1S/C19H13IN6O/c20-16-6-5-14(9-15(16)17-3-1-2-8-22-17)25-19(27)13-4-7-18(23-10-13)26-12-21-11-24-26/h1-12H,(H,25,27). The van der Waals surface area contributed by atoms with Gasteiger partial charge in [0.1, 0.15) is 12.7 Å². The van der Waals surface area contributed by atoms with Crippen LogP contribution in [0.3, 0.4) is 0 Å². The Morgan fingerprint density at radius 3 is 2.70 bits per heavy atom. The van der Waals surface area contributed by atoms with E-state index in [1.165, 1.54) is 17.2 Å². The van der Waals surface area contributed by atoms with Crippen LogP contribution in [0.5, 0.6) is 0 Å². The molecule has 0 bridgehead atoms. The molecule has 0 fully saturated rings. The van der Waals surface area contributed by atoms with Crippen LogP contribution in [0, 0.1) is 3.57 Å². The maximum absolute atomic E-state index is 12.5. The number of rotatable bonds is 4. The number of carbonyl (C=O) groups excluding carboxylic acids is 1. The van der Waals surface area contributed by atoms with Gasteiger partial charge in [0.25, 0.3) is 5.91 Å². The van der Waals surface area contributed by atoms with E-state index in [1.54, 1.807) is 24.7 Å². The molecule has 4 rings (SSSR count). The molecule has 132 valence electrons. The zero-order valence-electron chi connectivity index (χ0n) is 14.0. The molecule has 1 aromatic carbocycles. The molecule has 0 unspecified atom stereocenters. The van der Waals surface area contributed by atoms with Crippen molar-refractivity contribution in [1.82, 2.24) is 24.7 Å². The van der Waals surface area contributed by atoms with Crippen molar-refractivity contribution in [3.63, 3.8) is 0 Å². The van der Waals surface area contributed by atoms with Crippen molar-refractivity contribution in [3.8, 4) is 17.1 Å². The zero-order chi connectivity index (χ0) is 18.6. The van der Waals surface area contributed by atoms with Gasteiger partial charge < -0.3 is 5.32 Å². The first kappa shape index (κ1) is 17.3. The zero-order valence-corrected chi connectivity index (χ0v) is 16.1. The van der Waals surface area contributed by atoms with Crippen molar-refractivity contribution >= 4 is 34.2 Å². The highest BCUT2D eigenvalue weighted by Crippen LogP contribution is 2.27. The molecule has 1 amide bonds. The monoisotopic (exact) mass is 468 g/mol. The molecule has 4 aromatic rings. The molecule has 0 aliphatic carbocycles. The fourth-order valence-corrected chi connectivity index (χ4v) is 3.12. The molecule has 0 saturated carbocycles. The lowest BCUT2D eigenvalue weighted by atomic mass is 10.1. The fraction of sp³-hybridized carbons (Fsp3) is 0.